The van der Waals surface area contributed by atoms with Gasteiger partial charge < -0.3 is 5.73 Å². The van der Waals surface area contributed by atoms with Crippen molar-refractivity contribution in [1.82, 2.24) is 4.90 Å². The van der Waals surface area contributed by atoms with Crippen molar-refractivity contribution in [3.8, 4) is 0 Å². The molecule has 1 aromatic rings. The molecule has 0 aromatic heterocycles. The first-order valence-corrected chi connectivity index (χ1v) is 5.86. The minimum atomic E-state index is 0.861. The number of nitrogen functional groups attached to an aromatic ring is 1. The Morgan fingerprint density at radius 3 is 2.27 bits per heavy atom. The molecule has 2 bridgehead atoms. The number of anilines is 1. The van der Waals surface area contributed by atoms with E-state index in [-0.39, 0.29) is 0 Å². The van der Waals surface area contributed by atoms with Gasteiger partial charge in [-0.15, -0.1) is 0 Å². The minimum absolute atomic E-state index is 0.861. The number of hydrogen-bond donors (Lipinski definition) is 1. The van der Waals surface area contributed by atoms with Gasteiger partial charge in [0.2, 0.25) is 0 Å². The maximum Gasteiger partial charge on any atom is 0.0314 e. The average Bonchev–Trinajstić information content (AvgIpc) is 2.21. The standard InChI is InChI=1S/C13H18N2/c14-13-3-1-10(2-4-13)7-15-8-11-5-12(6-11)9-15/h1-4,11-12H,5-9,14H2. The molecule has 1 aliphatic carbocycles. The Morgan fingerprint density at radius 2 is 1.67 bits per heavy atom. The van der Waals surface area contributed by atoms with E-state index in [4.69, 9.17) is 5.73 Å². The molecule has 2 heterocycles. The third-order valence-corrected chi connectivity index (χ3v) is 3.75. The number of fused-ring (bicyclic) bond motifs is 2. The number of piperidine rings is 2. The Balaban J connectivity index is 1.63. The van der Waals surface area contributed by atoms with Gasteiger partial charge in [-0.05, 0) is 42.4 Å². The Hall–Kier alpha value is -1.02. The van der Waals surface area contributed by atoms with Crippen molar-refractivity contribution < 1.29 is 0 Å². The smallest absolute Gasteiger partial charge is 0.0314 e. The Labute approximate surface area is 91.1 Å². The molecule has 4 rings (SSSR count). The lowest BCUT2D eigenvalue weighted by Crippen LogP contribution is -2.47. The van der Waals surface area contributed by atoms with Crippen molar-refractivity contribution in [3.05, 3.63) is 29.8 Å². The highest BCUT2D eigenvalue weighted by Crippen LogP contribution is 2.39. The fraction of sp³-hybridized carbons (Fsp3) is 0.538. The third-order valence-electron chi connectivity index (χ3n) is 3.75. The summed E-state index contributed by atoms with van der Waals surface area (Å²) in [4.78, 5) is 2.59. The van der Waals surface area contributed by atoms with Gasteiger partial charge in [0.1, 0.15) is 0 Å². The van der Waals surface area contributed by atoms with Gasteiger partial charge in [0.15, 0.2) is 0 Å². The summed E-state index contributed by atoms with van der Waals surface area (Å²) < 4.78 is 0. The predicted octanol–water partition coefficient (Wildman–Crippen LogP) is 2.11. The summed E-state index contributed by atoms with van der Waals surface area (Å²) in [6.45, 7) is 3.72. The predicted molar refractivity (Wildman–Crippen MR) is 62.3 cm³/mol. The Kier molecular flexibility index (Phi) is 2.17. The zero-order valence-corrected chi connectivity index (χ0v) is 9.02. The molecule has 0 atom stereocenters. The van der Waals surface area contributed by atoms with Crippen molar-refractivity contribution in [3.63, 3.8) is 0 Å². The molecule has 2 nitrogen and oxygen atoms in total. The minimum Gasteiger partial charge on any atom is -0.399 e. The van der Waals surface area contributed by atoms with Crippen LogP contribution in [0.5, 0.6) is 0 Å². The van der Waals surface area contributed by atoms with Crippen LogP contribution in [0.3, 0.4) is 0 Å². The number of rotatable bonds is 2. The lowest BCUT2D eigenvalue weighted by molar-refractivity contribution is 0.0228. The van der Waals surface area contributed by atoms with Gasteiger partial charge >= 0.3 is 0 Å². The fourth-order valence-corrected chi connectivity index (χ4v) is 2.99. The van der Waals surface area contributed by atoms with E-state index in [1.54, 1.807) is 0 Å². The summed E-state index contributed by atoms with van der Waals surface area (Å²) in [6.07, 6.45) is 2.97. The van der Waals surface area contributed by atoms with Crippen molar-refractivity contribution in [2.75, 3.05) is 18.8 Å². The molecule has 2 saturated heterocycles. The Bertz CT molecular complexity index is 328. The highest BCUT2D eigenvalue weighted by atomic mass is 15.1. The number of nitrogens with zero attached hydrogens (tertiary/aromatic N) is 1. The van der Waals surface area contributed by atoms with Gasteiger partial charge in [-0.25, -0.2) is 0 Å². The third kappa shape index (κ3) is 1.86. The molecule has 2 heteroatoms. The van der Waals surface area contributed by atoms with Crippen LogP contribution in [0.2, 0.25) is 0 Å². The first kappa shape index (κ1) is 9.22. The normalized spacial score (nSPS) is 29.9. The van der Waals surface area contributed by atoms with Crippen molar-refractivity contribution in [1.29, 1.82) is 0 Å². The summed E-state index contributed by atoms with van der Waals surface area (Å²) in [5.74, 6) is 2.00. The van der Waals surface area contributed by atoms with Crippen LogP contribution in [0.4, 0.5) is 5.69 Å². The summed E-state index contributed by atoms with van der Waals surface area (Å²) >= 11 is 0. The van der Waals surface area contributed by atoms with Crippen LogP contribution in [0.25, 0.3) is 0 Å². The molecule has 1 aromatic carbocycles. The van der Waals surface area contributed by atoms with Crippen LogP contribution in [-0.2, 0) is 6.54 Å². The summed E-state index contributed by atoms with van der Waals surface area (Å²) in [6, 6.07) is 8.30. The fourth-order valence-electron chi connectivity index (χ4n) is 2.99. The number of hydrogen-bond acceptors (Lipinski definition) is 2. The van der Waals surface area contributed by atoms with Crippen LogP contribution >= 0.6 is 0 Å². The van der Waals surface area contributed by atoms with Crippen LogP contribution in [0, 0.1) is 11.8 Å². The molecule has 0 radical (unpaired) electrons. The van der Waals surface area contributed by atoms with E-state index in [9.17, 15) is 0 Å². The first-order valence-electron chi connectivity index (χ1n) is 5.86. The van der Waals surface area contributed by atoms with E-state index in [2.05, 4.69) is 17.0 Å². The monoisotopic (exact) mass is 202 g/mol. The van der Waals surface area contributed by atoms with E-state index < -0.39 is 0 Å². The van der Waals surface area contributed by atoms with Crippen LogP contribution in [-0.4, -0.2) is 18.0 Å². The molecule has 80 valence electrons. The maximum absolute atomic E-state index is 5.68. The zero-order valence-electron chi connectivity index (χ0n) is 9.02. The average molecular weight is 202 g/mol. The van der Waals surface area contributed by atoms with Crippen molar-refractivity contribution in [2.45, 2.75) is 19.4 Å². The zero-order chi connectivity index (χ0) is 10.3. The lowest BCUT2D eigenvalue weighted by atomic mass is 9.71. The summed E-state index contributed by atoms with van der Waals surface area (Å²) in [7, 11) is 0. The molecule has 3 fully saturated rings. The molecule has 1 saturated carbocycles. The van der Waals surface area contributed by atoms with Crippen molar-refractivity contribution in [2.24, 2.45) is 11.8 Å². The van der Waals surface area contributed by atoms with Gasteiger partial charge in [-0.2, -0.15) is 0 Å². The lowest BCUT2D eigenvalue weighted by Gasteiger charge is -2.47. The molecule has 0 amide bonds. The molecular weight excluding hydrogens is 184 g/mol. The second-order valence-electron chi connectivity index (χ2n) is 5.14. The summed E-state index contributed by atoms with van der Waals surface area (Å²) in [5, 5.41) is 0. The molecule has 15 heavy (non-hydrogen) atoms. The molecule has 0 unspecified atom stereocenters. The highest BCUT2D eigenvalue weighted by Gasteiger charge is 2.36. The van der Waals surface area contributed by atoms with E-state index in [0.29, 0.717) is 0 Å². The van der Waals surface area contributed by atoms with Crippen LogP contribution in [0.15, 0.2) is 24.3 Å². The Morgan fingerprint density at radius 1 is 1.07 bits per heavy atom. The van der Waals surface area contributed by atoms with Crippen LogP contribution in [0.1, 0.15) is 18.4 Å². The topological polar surface area (TPSA) is 29.3 Å². The van der Waals surface area contributed by atoms with Gasteiger partial charge in [-0.3, -0.25) is 4.90 Å². The van der Waals surface area contributed by atoms with Crippen LogP contribution < -0.4 is 5.73 Å². The number of benzene rings is 1. The van der Waals surface area contributed by atoms with E-state index in [1.807, 2.05) is 12.1 Å². The highest BCUT2D eigenvalue weighted by molar-refractivity contribution is 5.39. The molecular formula is C13H18N2. The van der Waals surface area contributed by atoms with Gasteiger partial charge in [-0.1, -0.05) is 12.1 Å². The van der Waals surface area contributed by atoms with Gasteiger partial charge in [0.25, 0.3) is 0 Å². The maximum atomic E-state index is 5.68. The molecule has 3 aliphatic rings. The largest absolute Gasteiger partial charge is 0.399 e. The van der Waals surface area contributed by atoms with E-state index in [0.717, 1.165) is 24.1 Å². The summed E-state index contributed by atoms with van der Waals surface area (Å²) in [5.41, 5.74) is 7.93. The first-order chi connectivity index (χ1) is 7.29. The number of nitrogens with two attached hydrogens (primary N) is 1. The second kappa shape index (κ2) is 3.53. The second-order valence-corrected chi connectivity index (χ2v) is 5.14. The molecule has 2 N–H and O–H groups in total. The molecule has 2 aliphatic heterocycles. The van der Waals surface area contributed by atoms with E-state index in [1.165, 1.54) is 31.5 Å². The van der Waals surface area contributed by atoms with Crippen molar-refractivity contribution >= 4 is 5.69 Å². The molecule has 0 spiro atoms. The SMILES string of the molecule is Nc1ccc(CN2CC3CC(C3)C2)cc1. The van der Waals surface area contributed by atoms with Gasteiger partial charge in [0.05, 0.1) is 0 Å². The quantitative estimate of drug-likeness (QED) is 0.744. The van der Waals surface area contributed by atoms with E-state index >= 15 is 0 Å². The van der Waals surface area contributed by atoms with Gasteiger partial charge in [0, 0.05) is 25.3 Å².